The molecule has 0 saturated heterocycles. The van der Waals surface area contributed by atoms with Crippen molar-refractivity contribution >= 4 is 33.2 Å². The van der Waals surface area contributed by atoms with Crippen molar-refractivity contribution in [3.8, 4) is 0 Å². The zero-order valence-electron chi connectivity index (χ0n) is 15.2. The fourth-order valence-corrected chi connectivity index (χ4v) is 3.86. The van der Waals surface area contributed by atoms with Gasteiger partial charge in [-0.15, -0.1) is 0 Å². The molecule has 0 fully saturated rings. The van der Waals surface area contributed by atoms with Crippen molar-refractivity contribution in [1.82, 2.24) is 4.90 Å². The molecule has 0 radical (unpaired) electrons. The van der Waals surface area contributed by atoms with Crippen LogP contribution in [0.5, 0.6) is 0 Å². The number of hydrogen-bond donors (Lipinski definition) is 1. The third-order valence-electron chi connectivity index (χ3n) is 4.12. The van der Waals surface area contributed by atoms with E-state index >= 15 is 0 Å². The standard InChI is InChI=1S/C21H19ClN2O3S/c1-24(15-16-7-11-18(22)12-8-16)21(25)17-9-13-19(14-10-17)23-28(26,27)20-5-3-2-4-6-20/h2-14,23H,15H2,1H3. The van der Waals surface area contributed by atoms with Crippen molar-refractivity contribution in [2.45, 2.75) is 11.4 Å². The third-order valence-corrected chi connectivity index (χ3v) is 5.77. The molecule has 0 saturated carbocycles. The largest absolute Gasteiger partial charge is 0.337 e. The van der Waals surface area contributed by atoms with Crippen molar-refractivity contribution in [1.29, 1.82) is 0 Å². The van der Waals surface area contributed by atoms with E-state index in [1.165, 1.54) is 12.1 Å². The topological polar surface area (TPSA) is 66.5 Å². The van der Waals surface area contributed by atoms with E-state index in [-0.39, 0.29) is 10.8 Å². The van der Waals surface area contributed by atoms with E-state index in [9.17, 15) is 13.2 Å². The van der Waals surface area contributed by atoms with E-state index < -0.39 is 10.0 Å². The Hall–Kier alpha value is -2.83. The molecule has 0 spiro atoms. The quantitative estimate of drug-likeness (QED) is 0.649. The second kappa shape index (κ2) is 8.46. The Morgan fingerprint density at radius 2 is 1.54 bits per heavy atom. The lowest BCUT2D eigenvalue weighted by atomic mass is 10.1. The van der Waals surface area contributed by atoms with Gasteiger partial charge < -0.3 is 4.90 Å². The molecule has 0 atom stereocenters. The minimum atomic E-state index is -3.66. The first-order chi connectivity index (χ1) is 13.3. The van der Waals surface area contributed by atoms with Crippen LogP contribution in [0.1, 0.15) is 15.9 Å². The smallest absolute Gasteiger partial charge is 0.261 e. The van der Waals surface area contributed by atoms with Crippen molar-refractivity contribution in [2.75, 3.05) is 11.8 Å². The highest BCUT2D eigenvalue weighted by atomic mass is 35.5. The van der Waals surface area contributed by atoms with Crippen molar-refractivity contribution in [2.24, 2.45) is 0 Å². The van der Waals surface area contributed by atoms with Gasteiger partial charge in [0, 0.05) is 29.9 Å². The lowest BCUT2D eigenvalue weighted by Crippen LogP contribution is -2.26. The molecule has 0 bridgehead atoms. The Bertz CT molecular complexity index is 1050. The average molecular weight is 415 g/mol. The lowest BCUT2D eigenvalue weighted by molar-refractivity contribution is 0.0785. The van der Waals surface area contributed by atoms with Crippen LogP contribution in [0, 0.1) is 0 Å². The van der Waals surface area contributed by atoms with Gasteiger partial charge in [-0.2, -0.15) is 0 Å². The number of benzene rings is 3. The molecule has 7 heteroatoms. The number of nitrogens with zero attached hydrogens (tertiary/aromatic N) is 1. The summed E-state index contributed by atoms with van der Waals surface area (Å²) in [5.74, 6) is -0.160. The van der Waals surface area contributed by atoms with E-state index in [1.807, 2.05) is 12.1 Å². The molecule has 3 aromatic carbocycles. The van der Waals surface area contributed by atoms with E-state index in [0.717, 1.165) is 5.56 Å². The molecule has 0 unspecified atom stereocenters. The monoisotopic (exact) mass is 414 g/mol. The Morgan fingerprint density at radius 1 is 0.929 bits per heavy atom. The zero-order chi connectivity index (χ0) is 20.1. The molecule has 0 aliphatic carbocycles. The molecular weight excluding hydrogens is 396 g/mol. The highest BCUT2D eigenvalue weighted by Gasteiger charge is 2.15. The van der Waals surface area contributed by atoms with Crippen LogP contribution in [0.4, 0.5) is 5.69 Å². The Labute approximate surface area is 169 Å². The number of anilines is 1. The predicted octanol–water partition coefficient (Wildman–Crippen LogP) is 4.41. The molecule has 1 amide bonds. The van der Waals surface area contributed by atoms with Crippen LogP contribution in [0.3, 0.4) is 0 Å². The first-order valence-electron chi connectivity index (χ1n) is 8.53. The summed E-state index contributed by atoms with van der Waals surface area (Å²) in [7, 11) is -1.95. The number of hydrogen-bond acceptors (Lipinski definition) is 3. The molecule has 3 rings (SSSR count). The second-order valence-corrected chi connectivity index (χ2v) is 8.40. The Balaban J connectivity index is 1.68. The van der Waals surface area contributed by atoms with Crippen LogP contribution in [-0.2, 0) is 16.6 Å². The maximum atomic E-state index is 12.6. The highest BCUT2D eigenvalue weighted by Crippen LogP contribution is 2.18. The maximum absolute atomic E-state index is 12.6. The number of amides is 1. The third kappa shape index (κ3) is 4.91. The molecule has 144 valence electrons. The van der Waals surface area contributed by atoms with Gasteiger partial charge in [0.2, 0.25) is 0 Å². The summed E-state index contributed by atoms with van der Waals surface area (Å²) in [6.45, 7) is 0.443. The number of sulfonamides is 1. The van der Waals surface area contributed by atoms with Gasteiger partial charge in [-0.25, -0.2) is 8.42 Å². The molecule has 28 heavy (non-hydrogen) atoms. The molecule has 5 nitrogen and oxygen atoms in total. The maximum Gasteiger partial charge on any atom is 0.261 e. The summed E-state index contributed by atoms with van der Waals surface area (Å²) in [5, 5.41) is 0.645. The van der Waals surface area contributed by atoms with E-state index in [1.54, 1.807) is 66.5 Å². The minimum Gasteiger partial charge on any atom is -0.337 e. The van der Waals surface area contributed by atoms with Crippen LogP contribution in [-0.4, -0.2) is 26.3 Å². The van der Waals surface area contributed by atoms with Gasteiger partial charge in [0.25, 0.3) is 15.9 Å². The number of rotatable bonds is 6. The fourth-order valence-electron chi connectivity index (χ4n) is 2.65. The number of carbonyl (C=O) groups is 1. The highest BCUT2D eigenvalue weighted by molar-refractivity contribution is 7.92. The average Bonchev–Trinajstić information content (AvgIpc) is 2.70. The molecule has 3 aromatic rings. The van der Waals surface area contributed by atoms with Gasteiger partial charge in [0.05, 0.1) is 4.90 Å². The summed E-state index contributed by atoms with van der Waals surface area (Å²) >= 11 is 5.88. The number of halogens is 1. The first-order valence-corrected chi connectivity index (χ1v) is 10.4. The molecular formula is C21H19ClN2O3S. The first kappa shape index (κ1) is 19.9. The summed E-state index contributed by atoms with van der Waals surface area (Å²) in [5.41, 5.74) is 1.83. The van der Waals surface area contributed by atoms with Gasteiger partial charge in [-0.1, -0.05) is 41.9 Å². The van der Waals surface area contributed by atoms with Gasteiger partial charge >= 0.3 is 0 Å². The summed E-state index contributed by atoms with van der Waals surface area (Å²) in [6, 6.07) is 21.8. The van der Waals surface area contributed by atoms with Crippen molar-refractivity contribution in [3.05, 3.63) is 95.0 Å². The molecule has 0 aliphatic heterocycles. The Kier molecular flexibility index (Phi) is 6.02. The van der Waals surface area contributed by atoms with Crippen molar-refractivity contribution in [3.63, 3.8) is 0 Å². The Morgan fingerprint density at radius 3 is 2.14 bits per heavy atom. The van der Waals surface area contributed by atoms with E-state index in [0.29, 0.717) is 22.8 Å². The predicted molar refractivity (Wildman–Crippen MR) is 111 cm³/mol. The molecule has 0 aromatic heterocycles. The minimum absolute atomic E-state index is 0.160. The van der Waals surface area contributed by atoms with Crippen molar-refractivity contribution < 1.29 is 13.2 Å². The van der Waals surface area contributed by atoms with Crippen LogP contribution in [0.15, 0.2) is 83.8 Å². The molecule has 0 heterocycles. The van der Waals surface area contributed by atoms with Crippen LogP contribution in [0.25, 0.3) is 0 Å². The molecule has 0 aliphatic rings. The van der Waals surface area contributed by atoms with Crippen LogP contribution >= 0.6 is 11.6 Å². The second-order valence-electron chi connectivity index (χ2n) is 6.28. The summed E-state index contributed by atoms with van der Waals surface area (Å²) in [4.78, 5) is 14.4. The van der Waals surface area contributed by atoms with Gasteiger partial charge in [-0.3, -0.25) is 9.52 Å². The van der Waals surface area contributed by atoms with Gasteiger partial charge in [0.1, 0.15) is 0 Å². The number of nitrogens with one attached hydrogen (secondary N) is 1. The van der Waals surface area contributed by atoms with Gasteiger partial charge in [-0.05, 0) is 54.1 Å². The van der Waals surface area contributed by atoms with E-state index in [4.69, 9.17) is 11.6 Å². The van der Waals surface area contributed by atoms with E-state index in [2.05, 4.69) is 4.72 Å². The van der Waals surface area contributed by atoms with Crippen LogP contribution < -0.4 is 4.72 Å². The molecule has 1 N–H and O–H groups in total. The fraction of sp³-hybridized carbons (Fsp3) is 0.0952. The SMILES string of the molecule is CN(Cc1ccc(Cl)cc1)C(=O)c1ccc(NS(=O)(=O)c2ccccc2)cc1. The van der Waals surface area contributed by atoms with Crippen LogP contribution in [0.2, 0.25) is 5.02 Å². The number of carbonyl (C=O) groups excluding carboxylic acids is 1. The normalized spacial score (nSPS) is 11.1. The van der Waals surface area contributed by atoms with Gasteiger partial charge in [0.15, 0.2) is 0 Å². The summed E-state index contributed by atoms with van der Waals surface area (Å²) < 4.78 is 27.2. The zero-order valence-corrected chi connectivity index (χ0v) is 16.7. The summed E-state index contributed by atoms with van der Waals surface area (Å²) in [6.07, 6.45) is 0. The lowest BCUT2D eigenvalue weighted by Gasteiger charge is -2.18.